The van der Waals surface area contributed by atoms with Crippen LogP contribution in [-0.4, -0.2) is 19.5 Å². The maximum atomic E-state index is 6.06. The van der Waals surface area contributed by atoms with Gasteiger partial charge in [0.2, 0.25) is 0 Å². The maximum Gasteiger partial charge on any atom is 0.179 e. The molecule has 4 nitrogen and oxygen atoms in total. The van der Waals surface area contributed by atoms with Gasteiger partial charge >= 0.3 is 0 Å². The number of nitrogens with zero attached hydrogens (tertiary/aromatic N) is 4. The molecule has 0 fully saturated rings. The lowest BCUT2D eigenvalue weighted by molar-refractivity contribution is 0.680. The van der Waals surface area contributed by atoms with Gasteiger partial charge in [-0.25, -0.2) is 15.0 Å². The summed E-state index contributed by atoms with van der Waals surface area (Å²) in [7, 11) is 0. The van der Waals surface area contributed by atoms with Gasteiger partial charge in [0.1, 0.15) is 10.8 Å². The summed E-state index contributed by atoms with van der Waals surface area (Å²) < 4.78 is 2.05. The minimum atomic E-state index is 0.326. The van der Waals surface area contributed by atoms with Crippen molar-refractivity contribution in [2.24, 2.45) is 0 Å². The lowest BCUT2D eigenvalue weighted by Gasteiger charge is -2.09. The third kappa shape index (κ3) is 2.70. The van der Waals surface area contributed by atoms with Crippen LogP contribution in [0.5, 0.6) is 0 Å². The number of halogens is 1. The van der Waals surface area contributed by atoms with Crippen LogP contribution < -0.4 is 0 Å². The zero-order valence-electron chi connectivity index (χ0n) is 10.9. The first-order valence-corrected chi connectivity index (χ1v) is 6.54. The molecule has 0 aliphatic rings. The quantitative estimate of drug-likeness (QED) is 0.794. The van der Waals surface area contributed by atoms with Crippen LogP contribution >= 0.6 is 11.6 Å². The molecule has 18 heavy (non-hydrogen) atoms. The Kier molecular flexibility index (Phi) is 3.97. The minimum absolute atomic E-state index is 0.326. The van der Waals surface area contributed by atoms with Gasteiger partial charge in [0, 0.05) is 12.2 Å². The van der Waals surface area contributed by atoms with Crippen LogP contribution in [0.4, 0.5) is 0 Å². The average molecular weight is 265 g/mol. The van der Waals surface area contributed by atoms with Crippen molar-refractivity contribution < 1.29 is 0 Å². The van der Waals surface area contributed by atoms with Gasteiger partial charge in [0.05, 0.1) is 12.5 Å². The van der Waals surface area contributed by atoms with E-state index in [0.29, 0.717) is 16.9 Å². The first-order valence-electron chi connectivity index (χ1n) is 6.16. The molecule has 0 saturated carbocycles. The van der Waals surface area contributed by atoms with Gasteiger partial charge in [-0.15, -0.1) is 0 Å². The third-order valence-corrected chi connectivity index (χ3v) is 2.91. The van der Waals surface area contributed by atoms with Crippen molar-refractivity contribution in [1.82, 2.24) is 19.5 Å². The second kappa shape index (κ2) is 5.48. The van der Waals surface area contributed by atoms with E-state index in [1.54, 1.807) is 12.5 Å². The van der Waals surface area contributed by atoms with E-state index in [0.717, 1.165) is 24.4 Å². The van der Waals surface area contributed by atoms with E-state index < -0.39 is 0 Å². The fourth-order valence-corrected chi connectivity index (χ4v) is 1.96. The van der Waals surface area contributed by atoms with Crippen molar-refractivity contribution in [2.75, 3.05) is 0 Å². The highest BCUT2D eigenvalue weighted by Crippen LogP contribution is 2.21. The molecule has 0 aliphatic carbocycles. The zero-order valence-corrected chi connectivity index (χ0v) is 11.6. The molecule has 0 atom stereocenters. The van der Waals surface area contributed by atoms with E-state index >= 15 is 0 Å². The highest BCUT2D eigenvalue weighted by Gasteiger charge is 2.12. The molecule has 0 bridgehead atoms. The highest BCUT2D eigenvalue weighted by molar-refractivity contribution is 6.29. The molecular formula is C13H17ClN4. The molecule has 2 aromatic rings. The Bertz CT molecular complexity index is 534. The van der Waals surface area contributed by atoms with Crippen molar-refractivity contribution in [3.05, 3.63) is 29.4 Å². The molecule has 0 N–H and O–H groups in total. The molecule has 0 unspecified atom stereocenters. The summed E-state index contributed by atoms with van der Waals surface area (Å²) >= 11 is 6.06. The van der Waals surface area contributed by atoms with E-state index in [4.69, 9.17) is 11.6 Å². The maximum absolute atomic E-state index is 6.06. The van der Waals surface area contributed by atoms with Gasteiger partial charge in [0.15, 0.2) is 5.82 Å². The molecule has 0 radical (unpaired) electrons. The summed E-state index contributed by atoms with van der Waals surface area (Å²) in [5, 5.41) is 0.480. The fourth-order valence-electron chi connectivity index (χ4n) is 1.77. The van der Waals surface area contributed by atoms with Crippen LogP contribution in [0.25, 0.3) is 11.5 Å². The Hall–Kier alpha value is -1.42. The smallest absolute Gasteiger partial charge is 0.179 e. The second-order valence-corrected chi connectivity index (χ2v) is 4.95. The summed E-state index contributed by atoms with van der Waals surface area (Å²) in [6.45, 7) is 7.21. The van der Waals surface area contributed by atoms with Crippen LogP contribution in [0.15, 0.2) is 18.6 Å². The van der Waals surface area contributed by atoms with Gasteiger partial charge < -0.3 is 4.57 Å². The van der Waals surface area contributed by atoms with Gasteiger partial charge in [-0.3, -0.25) is 0 Å². The van der Waals surface area contributed by atoms with E-state index in [2.05, 4.69) is 40.3 Å². The fraction of sp³-hybridized carbons (Fsp3) is 0.462. The summed E-state index contributed by atoms with van der Waals surface area (Å²) in [5.74, 6) is 0.976. The molecule has 5 heteroatoms. The van der Waals surface area contributed by atoms with Gasteiger partial charge in [-0.05, 0) is 18.4 Å². The lowest BCUT2D eigenvalue weighted by atomic mass is 10.1. The van der Waals surface area contributed by atoms with Gasteiger partial charge in [-0.1, -0.05) is 32.4 Å². The normalized spacial score (nSPS) is 11.2. The topological polar surface area (TPSA) is 43.6 Å². The van der Waals surface area contributed by atoms with Crippen molar-refractivity contribution in [3.8, 4) is 11.5 Å². The Morgan fingerprint density at radius 3 is 2.78 bits per heavy atom. The van der Waals surface area contributed by atoms with E-state index in [9.17, 15) is 0 Å². The van der Waals surface area contributed by atoms with Crippen molar-refractivity contribution >= 4 is 11.6 Å². The Balaban J connectivity index is 2.46. The Morgan fingerprint density at radius 2 is 2.11 bits per heavy atom. The van der Waals surface area contributed by atoms with Crippen LogP contribution in [0.2, 0.25) is 5.15 Å². The number of hydrogen-bond donors (Lipinski definition) is 0. The van der Waals surface area contributed by atoms with Crippen LogP contribution in [0.1, 0.15) is 38.8 Å². The highest BCUT2D eigenvalue weighted by atomic mass is 35.5. The molecule has 0 spiro atoms. The number of aromatic nitrogens is 4. The van der Waals surface area contributed by atoms with E-state index in [1.165, 1.54) is 0 Å². The number of imidazole rings is 1. The number of hydrogen-bond acceptors (Lipinski definition) is 3. The monoisotopic (exact) mass is 264 g/mol. The number of rotatable bonds is 4. The molecule has 96 valence electrons. The Labute approximate surface area is 112 Å². The standard InChI is InChI=1S/C13H17ClN4/c1-4-5-18-8-15-7-11(18)13-16-10(9(2)3)6-12(14)17-13/h6-9H,4-5H2,1-3H3. The van der Waals surface area contributed by atoms with Crippen LogP contribution in [0.3, 0.4) is 0 Å². The summed E-state index contributed by atoms with van der Waals surface area (Å²) in [4.78, 5) is 13.0. The van der Waals surface area contributed by atoms with E-state index in [-0.39, 0.29) is 0 Å². The first-order chi connectivity index (χ1) is 8.61. The van der Waals surface area contributed by atoms with Crippen LogP contribution in [-0.2, 0) is 6.54 Å². The predicted molar refractivity (Wildman–Crippen MR) is 72.6 cm³/mol. The summed E-state index contributed by atoms with van der Waals surface area (Å²) in [6.07, 6.45) is 4.63. The average Bonchev–Trinajstić information content (AvgIpc) is 2.77. The summed E-state index contributed by atoms with van der Waals surface area (Å²) in [6, 6.07) is 1.82. The largest absolute Gasteiger partial charge is 0.328 e. The predicted octanol–water partition coefficient (Wildman–Crippen LogP) is 3.53. The zero-order chi connectivity index (χ0) is 13.1. The van der Waals surface area contributed by atoms with Gasteiger partial charge in [-0.2, -0.15) is 0 Å². The van der Waals surface area contributed by atoms with Crippen LogP contribution in [0, 0.1) is 0 Å². The van der Waals surface area contributed by atoms with Crippen molar-refractivity contribution in [1.29, 1.82) is 0 Å². The molecule has 0 aliphatic heterocycles. The molecule has 2 rings (SSSR count). The summed E-state index contributed by atoms with van der Waals surface area (Å²) in [5.41, 5.74) is 1.87. The molecule has 0 amide bonds. The van der Waals surface area contributed by atoms with Crippen molar-refractivity contribution in [2.45, 2.75) is 39.7 Å². The second-order valence-electron chi connectivity index (χ2n) is 4.57. The van der Waals surface area contributed by atoms with E-state index in [1.807, 2.05) is 6.07 Å². The Morgan fingerprint density at radius 1 is 1.33 bits per heavy atom. The molecular weight excluding hydrogens is 248 g/mol. The third-order valence-electron chi connectivity index (χ3n) is 2.71. The van der Waals surface area contributed by atoms with Crippen molar-refractivity contribution in [3.63, 3.8) is 0 Å². The van der Waals surface area contributed by atoms with Gasteiger partial charge in [0.25, 0.3) is 0 Å². The first kappa shape index (κ1) is 13.0. The molecule has 0 aromatic carbocycles. The minimum Gasteiger partial charge on any atom is -0.328 e. The molecule has 2 heterocycles. The lowest BCUT2D eigenvalue weighted by Crippen LogP contribution is -2.03. The molecule has 2 aromatic heterocycles. The molecule has 0 saturated heterocycles. The number of aryl methyl sites for hydroxylation is 1. The SMILES string of the molecule is CCCn1cncc1-c1nc(Cl)cc(C(C)C)n1.